The third-order valence-corrected chi connectivity index (χ3v) is 5.36. The van der Waals surface area contributed by atoms with Gasteiger partial charge in [0.15, 0.2) is 9.84 Å². The molecule has 122 valence electrons. The van der Waals surface area contributed by atoms with Gasteiger partial charge in [0.25, 0.3) is 0 Å². The molecule has 1 aliphatic carbocycles. The minimum Gasteiger partial charge on any atom is -0.312 e. The van der Waals surface area contributed by atoms with E-state index in [1.807, 2.05) is 24.3 Å². The molecule has 0 amide bonds. The normalized spacial score (nSPS) is 22.4. The molecule has 3 nitrogen and oxygen atoms in total. The van der Waals surface area contributed by atoms with Crippen molar-refractivity contribution in [2.45, 2.75) is 39.0 Å². The summed E-state index contributed by atoms with van der Waals surface area (Å²) in [6, 6.07) is 7.85. The van der Waals surface area contributed by atoms with Crippen LogP contribution in [0.1, 0.15) is 37.8 Å². The van der Waals surface area contributed by atoms with Crippen molar-refractivity contribution < 1.29 is 8.42 Å². The predicted octanol–water partition coefficient (Wildman–Crippen LogP) is 3.31. The van der Waals surface area contributed by atoms with Gasteiger partial charge in [0, 0.05) is 19.3 Å². The van der Waals surface area contributed by atoms with Gasteiger partial charge in [-0.3, -0.25) is 0 Å². The van der Waals surface area contributed by atoms with E-state index in [4.69, 9.17) is 0 Å². The molecule has 22 heavy (non-hydrogen) atoms. The highest BCUT2D eigenvalue weighted by Gasteiger charge is 2.21. The molecule has 2 rings (SSSR count). The van der Waals surface area contributed by atoms with Gasteiger partial charge in [-0.2, -0.15) is 0 Å². The molecule has 0 unspecified atom stereocenters. The fourth-order valence-corrected chi connectivity index (χ4v) is 3.96. The molecule has 0 saturated carbocycles. The third-order valence-electron chi connectivity index (χ3n) is 4.51. The minimum absolute atomic E-state index is 0.115. The van der Waals surface area contributed by atoms with E-state index in [2.05, 4.69) is 25.2 Å². The quantitative estimate of drug-likeness (QED) is 0.818. The minimum atomic E-state index is -2.96. The van der Waals surface area contributed by atoms with Crippen molar-refractivity contribution in [2.75, 3.05) is 12.8 Å². The molecule has 0 heterocycles. The Morgan fingerprint density at radius 1 is 1.18 bits per heavy atom. The van der Waals surface area contributed by atoms with Crippen molar-refractivity contribution in [1.29, 1.82) is 0 Å². The van der Waals surface area contributed by atoms with Crippen LogP contribution in [0.25, 0.3) is 0 Å². The SMILES string of the molecule is CC1=CCC[C@H](C)[C@H]1CNCc1ccc(CS(C)(=O)=O)cc1. The zero-order chi connectivity index (χ0) is 16.2. The van der Waals surface area contributed by atoms with E-state index in [0.717, 1.165) is 24.6 Å². The third kappa shape index (κ3) is 5.25. The van der Waals surface area contributed by atoms with Crippen LogP contribution < -0.4 is 5.32 Å². The van der Waals surface area contributed by atoms with Crippen LogP contribution in [-0.2, 0) is 22.1 Å². The Morgan fingerprint density at radius 2 is 1.82 bits per heavy atom. The number of hydrogen-bond acceptors (Lipinski definition) is 3. The van der Waals surface area contributed by atoms with Gasteiger partial charge in [-0.15, -0.1) is 0 Å². The molecular weight excluding hydrogens is 294 g/mol. The molecule has 1 aromatic rings. The molecule has 1 aliphatic rings. The van der Waals surface area contributed by atoms with E-state index in [1.54, 1.807) is 0 Å². The molecule has 4 heteroatoms. The number of nitrogens with one attached hydrogen (secondary N) is 1. The summed E-state index contributed by atoms with van der Waals surface area (Å²) < 4.78 is 22.6. The van der Waals surface area contributed by atoms with E-state index in [-0.39, 0.29) is 5.75 Å². The Morgan fingerprint density at radius 3 is 2.41 bits per heavy atom. The summed E-state index contributed by atoms with van der Waals surface area (Å²) >= 11 is 0. The lowest BCUT2D eigenvalue weighted by atomic mass is 9.80. The summed E-state index contributed by atoms with van der Waals surface area (Å²) in [5.41, 5.74) is 3.56. The molecule has 0 spiro atoms. The number of rotatable bonds is 6. The Balaban J connectivity index is 1.84. The smallest absolute Gasteiger partial charge is 0.151 e. The summed E-state index contributed by atoms with van der Waals surface area (Å²) in [5.74, 6) is 1.50. The monoisotopic (exact) mass is 321 g/mol. The molecule has 2 atom stereocenters. The fourth-order valence-electron chi connectivity index (χ4n) is 3.17. The maximum atomic E-state index is 11.3. The molecular formula is C18H27NO2S. The summed E-state index contributed by atoms with van der Waals surface area (Å²) in [6.07, 6.45) is 6.13. The standard InChI is InChI=1S/C18H27NO2S/c1-14-5-4-6-15(2)18(14)12-19-11-16-7-9-17(10-8-16)13-22(3,20)21/h5,7-10,15,18-19H,4,6,11-13H2,1-3H3/t15-,18-/m0/s1. The van der Waals surface area contributed by atoms with Gasteiger partial charge in [-0.05, 0) is 42.7 Å². The van der Waals surface area contributed by atoms with Crippen molar-refractivity contribution in [2.24, 2.45) is 11.8 Å². The summed E-state index contributed by atoms with van der Waals surface area (Å²) in [4.78, 5) is 0. The lowest BCUT2D eigenvalue weighted by Gasteiger charge is -2.29. The van der Waals surface area contributed by atoms with Gasteiger partial charge in [0.1, 0.15) is 0 Å². The van der Waals surface area contributed by atoms with Crippen LogP contribution in [0.5, 0.6) is 0 Å². The van der Waals surface area contributed by atoms with Crippen LogP contribution in [-0.4, -0.2) is 21.2 Å². The molecule has 0 fully saturated rings. The van der Waals surface area contributed by atoms with Crippen LogP contribution in [0.4, 0.5) is 0 Å². The number of hydrogen-bond donors (Lipinski definition) is 1. The topological polar surface area (TPSA) is 46.2 Å². The first-order chi connectivity index (χ1) is 10.3. The lowest BCUT2D eigenvalue weighted by molar-refractivity contribution is 0.350. The maximum absolute atomic E-state index is 11.3. The molecule has 0 aliphatic heterocycles. The number of benzene rings is 1. The predicted molar refractivity (Wildman–Crippen MR) is 92.3 cm³/mol. The van der Waals surface area contributed by atoms with Gasteiger partial charge < -0.3 is 5.32 Å². The first-order valence-corrected chi connectivity index (χ1v) is 10.0. The molecule has 0 bridgehead atoms. The second-order valence-corrected chi connectivity index (χ2v) is 8.77. The van der Waals surface area contributed by atoms with Crippen LogP contribution in [0.3, 0.4) is 0 Å². The van der Waals surface area contributed by atoms with Crippen molar-refractivity contribution in [3.63, 3.8) is 0 Å². The Labute approximate surface area is 134 Å². The first-order valence-electron chi connectivity index (χ1n) is 7.98. The average molecular weight is 321 g/mol. The van der Waals surface area contributed by atoms with Crippen molar-refractivity contribution in [3.8, 4) is 0 Å². The van der Waals surface area contributed by atoms with Crippen molar-refractivity contribution >= 4 is 9.84 Å². The van der Waals surface area contributed by atoms with E-state index < -0.39 is 9.84 Å². The van der Waals surface area contributed by atoms with Crippen molar-refractivity contribution in [3.05, 3.63) is 47.0 Å². The Bertz CT molecular complexity index is 617. The van der Waals surface area contributed by atoms with Crippen LogP contribution >= 0.6 is 0 Å². The maximum Gasteiger partial charge on any atom is 0.151 e. The zero-order valence-corrected chi connectivity index (χ0v) is 14.6. The van der Waals surface area contributed by atoms with Crippen LogP contribution in [0.2, 0.25) is 0 Å². The van der Waals surface area contributed by atoms with Crippen molar-refractivity contribution in [1.82, 2.24) is 5.32 Å². The zero-order valence-electron chi connectivity index (χ0n) is 13.8. The second kappa shape index (κ2) is 7.42. The number of allylic oxidation sites excluding steroid dienone is 1. The average Bonchev–Trinajstić information content (AvgIpc) is 2.42. The van der Waals surface area contributed by atoms with Gasteiger partial charge in [-0.25, -0.2) is 8.42 Å². The summed E-state index contributed by atoms with van der Waals surface area (Å²) in [7, 11) is -2.96. The summed E-state index contributed by atoms with van der Waals surface area (Å²) in [5, 5.41) is 3.54. The summed E-state index contributed by atoms with van der Waals surface area (Å²) in [6.45, 7) is 6.41. The second-order valence-electron chi connectivity index (χ2n) is 6.63. The molecule has 1 aromatic carbocycles. The lowest BCUT2D eigenvalue weighted by Crippen LogP contribution is -2.29. The van der Waals surface area contributed by atoms with Gasteiger partial charge in [-0.1, -0.05) is 42.8 Å². The Kier molecular flexibility index (Phi) is 5.81. The highest BCUT2D eigenvalue weighted by molar-refractivity contribution is 7.89. The molecule has 1 N–H and O–H groups in total. The highest BCUT2D eigenvalue weighted by Crippen LogP contribution is 2.29. The molecule has 0 aromatic heterocycles. The highest BCUT2D eigenvalue weighted by atomic mass is 32.2. The van der Waals surface area contributed by atoms with Gasteiger partial charge in [0.2, 0.25) is 0 Å². The van der Waals surface area contributed by atoms with E-state index >= 15 is 0 Å². The molecule has 0 radical (unpaired) electrons. The Hall–Kier alpha value is -1.13. The van der Waals surface area contributed by atoms with Crippen LogP contribution in [0, 0.1) is 11.8 Å². The largest absolute Gasteiger partial charge is 0.312 e. The van der Waals surface area contributed by atoms with Crippen LogP contribution in [0.15, 0.2) is 35.9 Å². The van der Waals surface area contributed by atoms with E-state index in [0.29, 0.717) is 5.92 Å². The fraction of sp³-hybridized carbons (Fsp3) is 0.556. The van der Waals surface area contributed by atoms with Gasteiger partial charge in [0.05, 0.1) is 5.75 Å². The van der Waals surface area contributed by atoms with E-state index in [9.17, 15) is 8.42 Å². The molecule has 0 saturated heterocycles. The number of sulfone groups is 1. The first kappa shape index (κ1) is 17.2. The van der Waals surface area contributed by atoms with E-state index in [1.165, 1.54) is 30.2 Å². The van der Waals surface area contributed by atoms with Gasteiger partial charge >= 0.3 is 0 Å².